The number of carbonyl (C=O) groups excluding carboxylic acids is 1. The molecule has 1 heterocycles. The van der Waals surface area contributed by atoms with Gasteiger partial charge in [0.1, 0.15) is 5.82 Å². The third-order valence-electron chi connectivity index (χ3n) is 2.06. The van der Waals surface area contributed by atoms with E-state index in [1.165, 1.54) is 0 Å². The van der Waals surface area contributed by atoms with Gasteiger partial charge in [-0.1, -0.05) is 30.3 Å². The van der Waals surface area contributed by atoms with Crippen molar-refractivity contribution in [3.63, 3.8) is 0 Å². The van der Waals surface area contributed by atoms with E-state index < -0.39 is 0 Å². The van der Waals surface area contributed by atoms with E-state index in [1.807, 2.05) is 24.3 Å². The van der Waals surface area contributed by atoms with E-state index in [9.17, 15) is 4.79 Å². The molecular weight excluding hydrogens is 200 g/mol. The topological polar surface area (TPSA) is 42.0 Å². The normalized spacial score (nSPS) is 9.75. The van der Waals surface area contributed by atoms with Gasteiger partial charge in [-0.25, -0.2) is 4.98 Å². The molecule has 79 valence electrons. The fourth-order valence-corrected chi connectivity index (χ4v) is 1.34. The highest BCUT2D eigenvalue weighted by Gasteiger charge is 2.03. The first-order chi connectivity index (χ1) is 7.84. The molecule has 2 aromatic rings. The number of hydrogen-bond donors (Lipinski definition) is 1. The Balaban J connectivity index is 1.95. The number of rotatable bonds is 3. The Labute approximate surface area is 94.1 Å². The van der Waals surface area contributed by atoms with Crippen molar-refractivity contribution < 1.29 is 4.79 Å². The third-order valence-corrected chi connectivity index (χ3v) is 2.06. The highest BCUT2D eigenvalue weighted by molar-refractivity contribution is 5.91. The van der Waals surface area contributed by atoms with Crippen molar-refractivity contribution in [1.82, 2.24) is 4.98 Å². The Kier molecular flexibility index (Phi) is 3.28. The van der Waals surface area contributed by atoms with E-state index in [0.29, 0.717) is 12.2 Å². The van der Waals surface area contributed by atoms with E-state index in [-0.39, 0.29) is 5.91 Å². The Bertz CT molecular complexity index is 410. The molecular formula is C13H11N2O. The number of nitrogens with one attached hydrogen (secondary N) is 1. The van der Waals surface area contributed by atoms with Gasteiger partial charge in [0.2, 0.25) is 5.91 Å². The first-order valence-electron chi connectivity index (χ1n) is 5.01. The molecule has 1 N–H and O–H groups in total. The van der Waals surface area contributed by atoms with E-state index in [2.05, 4.69) is 16.4 Å². The summed E-state index contributed by atoms with van der Waals surface area (Å²) in [5, 5.41) is 2.72. The summed E-state index contributed by atoms with van der Waals surface area (Å²) in [4.78, 5) is 15.6. The summed E-state index contributed by atoms with van der Waals surface area (Å²) in [7, 11) is 0. The second-order valence-electron chi connectivity index (χ2n) is 3.33. The predicted octanol–water partition coefficient (Wildman–Crippen LogP) is 2.06. The van der Waals surface area contributed by atoms with Crippen LogP contribution in [0.2, 0.25) is 0 Å². The van der Waals surface area contributed by atoms with E-state index in [0.717, 1.165) is 5.56 Å². The molecule has 0 spiro atoms. The van der Waals surface area contributed by atoms with Crippen molar-refractivity contribution in [1.29, 1.82) is 0 Å². The van der Waals surface area contributed by atoms with Gasteiger partial charge in [0, 0.05) is 6.20 Å². The fraction of sp³-hybridized carbons (Fsp3) is 0.0769. The number of hydrogen-bond acceptors (Lipinski definition) is 2. The Morgan fingerprint density at radius 1 is 1.25 bits per heavy atom. The SMILES string of the molecule is O=C(Cc1[c]cccc1)Nc1ccccn1. The summed E-state index contributed by atoms with van der Waals surface area (Å²) in [6.45, 7) is 0. The molecule has 0 fully saturated rings. The van der Waals surface area contributed by atoms with Crippen molar-refractivity contribution in [3.05, 3.63) is 60.3 Å². The van der Waals surface area contributed by atoms with Crippen LogP contribution in [0, 0.1) is 6.07 Å². The zero-order chi connectivity index (χ0) is 11.2. The van der Waals surface area contributed by atoms with Gasteiger partial charge in [0.15, 0.2) is 0 Å². The lowest BCUT2D eigenvalue weighted by Gasteiger charge is -2.03. The highest BCUT2D eigenvalue weighted by atomic mass is 16.1. The first-order valence-corrected chi connectivity index (χ1v) is 5.01. The molecule has 3 heteroatoms. The van der Waals surface area contributed by atoms with Crippen molar-refractivity contribution >= 4 is 11.7 Å². The van der Waals surface area contributed by atoms with Crippen molar-refractivity contribution in [3.8, 4) is 0 Å². The molecule has 0 saturated heterocycles. The number of benzene rings is 1. The van der Waals surface area contributed by atoms with Crippen LogP contribution in [-0.2, 0) is 11.2 Å². The van der Waals surface area contributed by atoms with Gasteiger partial charge in [-0.05, 0) is 23.8 Å². The Morgan fingerprint density at radius 3 is 2.81 bits per heavy atom. The van der Waals surface area contributed by atoms with E-state index >= 15 is 0 Å². The zero-order valence-corrected chi connectivity index (χ0v) is 8.68. The number of carbonyl (C=O) groups is 1. The Hall–Kier alpha value is -2.16. The lowest BCUT2D eigenvalue weighted by molar-refractivity contribution is -0.115. The smallest absolute Gasteiger partial charge is 0.229 e. The molecule has 1 amide bonds. The van der Waals surface area contributed by atoms with Gasteiger partial charge in [-0.3, -0.25) is 4.79 Å². The van der Waals surface area contributed by atoms with Crippen LogP contribution in [0.1, 0.15) is 5.56 Å². The van der Waals surface area contributed by atoms with Crippen LogP contribution in [0.4, 0.5) is 5.82 Å². The van der Waals surface area contributed by atoms with Gasteiger partial charge in [0.25, 0.3) is 0 Å². The predicted molar refractivity (Wildman–Crippen MR) is 61.8 cm³/mol. The van der Waals surface area contributed by atoms with Gasteiger partial charge >= 0.3 is 0 Å². The quantitative estimate of drug-likeness (QED) is 0.844. The third kappa shape index (κ3) is 2.92. The summed E-state index contributed by atoms with van der Waals surface area (Å²) < 4.78 is 0. The molecule has 1 aromatic carbocycles. The van der Waals surface area contributed by atoms with Crippen LogP contribution < -0.4 is 5.32 Å². The monoisotopic (exact) mass is 211 g/mol. The number of amides is 1. The van der Waals surface area contributed by atoms with Crippen LogP contribution in [-0.4, -0.2) is 10.9 Å². The molecule has 1 radical (unpaired) electrons. The minimum Gasteiger partial charge on any atom is -0.310 e. The van der Waals surface area contributed by atoms with Crippen LogP contribution in [0.5, 0.6) is 0 Å². The summed E-state index contributed by atoms with van der Waals surface area (Å²) in [5.74, 6) is 0.490. The molecule has 0 unspecified atom stereocenters. The molecule has 16 heavy (non-hydrogen) atoms. The van der Waals surface area contributed by atoms with Crippen LogP contribution in [0.15, 0.2) is 48.7 Å². The number of pyridine rings is 1. The maximum atomic E-state index is 11.6. The minimum atomic E-state index is -0.0823. The average Bonchev–Trinajstić information content (AvgIpc) is 2.31. The molecule has 0 saturated carbocycles. The Morgan fingerprint density at radius 2 is 2.12 bits per heavy atom. The maximum Gasteiger partial charge on any atom is 0.229 e. The fourth-order valence-electron chi connectivity index (χ4n) is 1.34. The number of nitrogens with zero attached hydrogens (tertiary/aromatic N) is 1. The molecule has 2 rings (SSSR count). The molecule has 3 nitrogen and oxygen atoms in total. The average molecular weight is 211 g/mol. The summed E-state index contributed by atoms with van der Waals surface area (Å²) in [5.41, 5.74) is 0.871. The molecule has 0 aliphatic rings. The lowest BCUT2D eigenvalue weighted by Crippen LogP contribution is -2.15. The second-order valence-corrected chi connectivity index (χ2v) is 3.33. The second kappa shape index (κ2) is 5.07. The van der Waals surface area contributed by atoms with Crippen molar-refractivity contribution in [2.24, 2.45) is 0 Å². The molecule has 0 atom stereocenters. The van der Waals surface area contributed by atoms with Gasteiger partial charge in [-0.15, -0.1) is 0 Å². The minimum absolute atomic E-state index is 0.0823. The van der Waals surface area contributed by atoms with Gasteiger partial charge < -0.3 is 5.32 Å². The standard InChI is InChI=1S/C13H11N2O/c16-13(10-11-6-2-1-3-7-11)15-12-8-4-5-9-14-12/h1-6,8-9H,10H2,(H,14,15,16). The van der Waals surface area contributed by atoms with Crippen molar-refractivity contribution in [2.45, 2.75) is 6.42 Å². The zero-order valence-electron chi connectivity index (χ0n) is 8.68. The van der Waals surface area contributed by atoms with Crippen molar-refractivity contribution in [2.75, 3.05) is 5.32 Å². The maximum absolute atomic E-state index is 11.6. The first kappa shape index (κ1) is 10.4. The van der Waals surface area contributed by atoms with E-state index in [1.54, 1.807) is 24.4 Å². The summed E-state index contributed by atoms with van der Waals surface area (Å²) in [6.07, 6.45) is 1.96. The number of anilines is 1. The number of aromatic nitrogens is 1. The van der Waals surface area contributed by atoms with E-state index in [4.69, 9.17) is 0 Å². The van der Waals surface area contributed by atoms with Gasteiger partial charge in [0.05, 0.1) is 6.42 Å². The van der Waals surface area contributed by atoms with Crippen LogP contribution in [0.25, 0.3) is 0 Å². The van der Waals surface area contributed by atoms with Gasteiger partial charge in [-0.2, -0.15) is 0 Å². The highest BCUT2D eigenvalue weighted by Crippen LogP contribution is 2.03. The molecule has 0 aliphatic carbocycles. The molecule has 1 aromatic heterocycles. The molecule has 0 aliphatic heterocycles. The largest absolute Gasteiger partial charge is 0.310 e. The summed E-state index contributed by atoms with van der Waals surface area (Å²) in [6, 6.07) is 15.8. The summed E-state index contributed by atoms with van der Waals surface area (Å²) >= 11 is 0. The molecule has 0 bridgehead atoms. The lowest BCUT2D eigenvalue weighted by atomic mass is 10.1. The van der Waals surface area contributed by atoms with Crippen LogP contribution in [0.3, 0.4) is 0 Å². The van der Waals surface area contributed by atoms with Crippen LogP contribution >= 0.6 is 0 Å².